The molecule has 0 aliphatic heterocycles. The molecule has 0 atom stereocenters. The van der Waals surface area contributed by atoms with Crippen molar-refractivity contribution in [3.8, 4) is 0 Å². The van der Waals surface area contributed by atoms with Gasteiger partial charge in [0.05, 0.1) is 0 Å². The molecule has 2 aromatic rings. The summed E-state index contributed by atoms with van der Waals surface area (Å²) in [7, 11) is 0. The molecule has 2 nitrogen and oxygen atoms in total. The normalized spacial score (nSPS) is 10.3. The zero-order valence-electron chi connectivity index (χ0n) is 12.6. The maximum atomic E-state index is 11.4. The fourth-order valence-corrected chi connectivity index (χ4v) is 2.39. The van der Waals surface area contributed by atoms with Gasteiger partial charge in [0.25, 0.3) is 0 Å². The topological polar surface area (TPSA) is 29.1 Å². The number of benzene rings is 2. The van der Waals surface area contributed by atoms with E-state index < -0.39 is 0 Å². The first-order valence-corrected chi connectivity index (χ1v) is 7.66. The van der Waals surface area contributed by atoms with Gasteiger partial charge in [-0.05, 0) is 36.0 Å². The van der Waals surface area contributed by atoms with Crippen molar-refractivity contribution in [3.63, 3.8) is 0 Å². The highest BCUT2D eigenvalue weighted by Gasteiger charge is 2.01. The molecule has 0 bridgehead atoms. The van der Waals surface area contributed by atoms with Gasteiger partial charge in [-0.1, -0.05) is 61.5 Å². The summed E-state index contributed by atoms with van der Waals surface area (Å²) in [5.41, 5.74) is 3.92. The molecule has 1 N–H and O–H groups in total. The molecule has 0 unspecified atom stereocenters. The Morgan fingerprint density at radius 3 is 2.43 bits per heavy atom. The van der Waals surface area contributed by atoms with Gasteiger partial charge < -0.3 is 5.32 Å². The third-order valence-electron chi connectivity index (χ3n) is 3.46. The molecule has 2 rings (SSSR count). The van der Waals surface area contributed by atoms with Crippen LogP contribution in [0.1, 0.15) is 36.5 Å². The summed E-state index contributed by atoms with van der Waals surface area (Å²) < 4.78 is 0. The zero-order chi connectivity index (χ0) is 14.9. The van der Waals surface area contributed by atoms with Crippen molar-refractivity contribution in [1.29, 1.82) is 0 Å². The molecule has 0 aromatic heterocycles. The van der Waals surface area contributed by atoms with E-state index in [9.17, 15) is 4.79 Å². The molecule has 0 aliphatic rings. The summed E-state index contributed by atoms with van der Waals surface area (Å²) in [6.07, 6.45) is 3.36. The minimum absolute atomic E-state index is 0.151. The van der Waals surface area contributed by atoms with Crippen LogP contribution in [-0.2, 0) is 17.6 Å². The van der Waals surface area contributed by atoms with Crippen LogP contribution in [0.25, 0.3) is 0 Å². The Balaban J connectivity index is 1.87. The van der Waals surface area contributed by atoms with Gasteiger partial charge in [0.15, 0.2) is 0 Å². The Labute approximate surface area is 127 Å². The van der Waals surface area contributed by atoms with E-state index in [0.29, 0.717) is 13.0 Å². The van der Waals surface area contributed by atoms with Gasteiger partial charge in [-0.15, -0.1) is 0 Å². The lowest BCUT2D eigenvalue weighted by Crippen LogP contribution is -2.25. The van der Waals surface area contributed by atoms with Crippen LogP contribution < -0.4 is 5.32 Å². The van der Waals surface area contributed by atoms with Crippen molar-refractivity contribution in [1.82, 2.24) is 5.32 Å². The van der Waals surface area contributed by atoms with Crippen LogP contribution in [0.15, 0.2) is 54.6 Å². The van der Waals surface area contributed by atoms with Gasteiger partial charge in [-0.3, -0.25) is 4.79 Å². The van der Waals surface area contributed by atoms with E-state index in [-0.39, 0.29) is 5.91 Å². The zero-order valence-corrected chi connectivity index (χ0v) is 12.6. The predicted octanol–water partition coefficient (Wildman–Crippen LogP) is 3.74. The number of hydrogen-bond acceptors (Lipinski definition) is 1. The second kappa shape index (κ2) is 8.25. The molecule has 110 valence electrons. The maximum absolute atomic E-state index is 11.4. The van der Waals surface area contributed by atoms with Crippen LogP contribution in [-0.4, -0.2) is 12.5 Å². The number of rotatable bonds is 7. The molecule has 0 aliphatic carbocycles. The average molecular weight is 281 g/mol. The molecule has 0 radical (unpaired) electrons. The standard InChI is InChI=1S/C19H23NO/c1-2-7-19(21)20-13-12-17-10-6-11-18(15-17)14-16-8-4-3-5-9-16/h3-6,8-11,15H,2,7,12-14H2,1H3,(H,20,21). The largest absolute Gasteiger partial charge is 0.356 e. The van der Waals surface area contributed by atoms with Gasteiger partial charge in [-0.25, -0.2) is 0 Å². The third-order valence-corrected chi connectivity index (χ3v) is 3.46. The summed E-state index contributed by atoms with van der Waals surface area (Å²) >= 11 is 0. The summed E-state index contributed by atoms with van der Waals surface area (Å²) in [4.78, 5) is 11.4. The summed E-state index contributed by atoms with van der Waals surface area (Å²) in [5.74, 6) is 0.151. The lowest BCUT2D eigenvalue weighted by Gasteiger charge is -2.07. The van der Waals surface area contributed by atoms with Crippen molar-refractivity contribution in [2.75, 3.05) is 6.54 Å². The maximum Gasteiger partial charge on any atom is 0.219 e. The number of hydrogen-bond donors (Lipinski definition) is 1. The van der Waals surface area contributed by atoms with Gasteiger partial charge in [0.1, 0.15) is 0 Å². The Morgan fingerprint density at radius 1 is 0.952 bits per heavy atom. The van der Waals surface area contributed by atoms with E-state index in [1.807, 2.05) is 13.0 Å². The van der Waals surface area contributed by atoms with Crippen LogP contribution >= 0.6 is 0 Å². The fraction of sp³-hybridized carbons (Fsp3) is 0.316. The molecule has 0 fully saturated rings. The van der Waals surface area contributed by atoms with Crippen LogP contribution in [0.4, 0.5) is 0 Å². The smallest absolute Gasteiger partial charge is 0.219 e. The molecule has 0 saturated carbocycles. The van der Waals surface area contributed by atoms with E-state index in [4.69, 9.17) is 0 Å². The first-order valence-electron chi connectivity index (χ1n) is 7.66. The molecule has 0 spiro atoms. The minimum atomic E-state index is 0.151. The van der Waals surface area contributed by atoms with Gasteiger partial charge in [0, 0.05) is 13.0 Å². The number of carbonyl (C=O) groups excluding carboxylic acids is 1. The van der Waals surface area contributed by atoms with E-state index in [1.165, 1.54) is 16.7 Å². The Morgan fingerprint density at radius 2 is 1.67 bits per heavy atom. The molecule has 21 heavy (non-hydrogen) atoms. The van der Waals surface area contributed by atoms with Crippen molar-refractivity contribution in [2.45, 2.75) is 32.6 Å². The molecule has 0 saturated heterocycles. The van der Waals surface area contributed by atoms with Crippen LogP contribution in [0.5, 0.6) is 0 Å². The lowest BCUT2D eigenvalue weighted by atomic mass is 10.0. The highest BCUT2D eigenvalue weighted by Crippen LogP contribution is 2.11. The van der Waals surface area contributed by atoms with Gasteiger partial charge in [0.2, 0.25) is 5.91 Å². The molecular formula is C19H23NO. The third kappa shape index (κ3) is 5.42. The van der Waals surface area contributed by atoms with E-state index in [1.54, 1.807) is 0 Å². The molecule has 0 heterocycles. The summed E-state index contributed by atoms with van der Waals surface area (Å²) in [5, 5.41) is 2.96. The summed E-state index contributed by atoms with van der Waals surface area (Å²) in [6.45, 7) is 2.74. The van der Waals surface area contributed by atoms with Crippen molar-refractivity contribution in [3.05, 3.63) is 71.3 Å². The molecule has 2 aromatic carbocycles. The molecule has 2 heteroatoms. The average Bonchev–Trinajstić information content (AvgIpc) is 2.49. The van der Waals surface area contributed by atoms with E-state index in [0.717, 1.165) is 19.3 Å². The van der Waals surface area contributed by atoms with Crippen molar-refractivity contribution < 1.29 is 4.79 Å². The van der Waals surface area contributed by atoms with Crippen LogP contribution in [0.3, 0.4) is 0 Å². The Kier molecular flexibility index (Phi) is 6.01. The monoisotopic (exact) mass is 281 g/mol. The number of carbonyl (C=O) groups is 1. The van der Waals surface area contributed by atoms with Crippen molar-refractivity contribution in [2.24, 2.45) is 0 Å². The van der Waals surface area contributed by atoms with Crippen LogP contribution in [0.2, 0.25) is 0 Å². The predicted molar refractivity (Wildman–Crippen MR) is 87.3 cm³/mol. The highest BCUT2D eigenvalue weighted by atomic mass is 16.1. The van der Waals surface area contributed by atoms with Gasteiger partial charge >= 0.3 is 0 Å². The van der Waals surface area contributed by atoms with Gasteiger partial charge in [-0.2, -0.15) is 0 Å². The molecule has 1 amide bonds. The van der Waals surface area contributed by atoms with Crippen molar-refractivity contribution >= 4 is 5.91 Å². The number of nitrogens with one attached hydrogen (secondary N) is 1. The van der Waals surface area contributed by atoms with Crippen LogP contribution in [0, 0.1) is 0 Å². The second-order valence-electron chi connectivity index (χ2n) is 5.33. The fourth-order valence-electron chi connectivity index (χ4n) is 2.39. The minimum Gasteiger partial charge on any atom is -0.356 e. The quantitative estimate of drug-likeness (QED) is 0.823. The first-order chi connectivity index (χ1) is 10.3. The van der Waals surface area contributed by atoms with E-state index in [2.05, 4.69) is 53.8 Å². The second-order valence-corrected chi connectivity index (χ2v) is 5.33. The molecular weight excluding hydrogens is 258 g/mol. The number of amides is 1. The SMILES string of the molecule is CCCC(=O)NCCc1cccc(Cc2ccccc2)c1. The van der Waals surface area contributed by atoms with E-state index >= 15 is 0 Å². The highest BCUT2D eigenvalue weighted by molar-refractivity contribution is 5.75. The first kappa shape index (κ1) is 15.3. The summed E-state index contributed by atoms with van der Waals surface area (Å²) in [6, 6.07) is 19.1. The Bertz CT molecular complexity index is 563. The lowest BCUT2D eigenvalue weighted by molar-refractivity contribution is -0.121. The Hall–Kier alpha value is -2.09.